The van der Waals surface area contributed by atoms with Gasteiger partial charge in [-0.25, -0.2) is 4.98 Å². The number of rotatable bonds is 5. The molecule has 0 spiro atoms. The van der Waals surface area contributed by atoms with E-state index in [0.717, 1.165) is 15.3 Å². The van der Waals surface area contributed by atoms with Gasteiger partial charge in [-0.1, -0.05) is 27.7 Å². The van der Waals surface area contributed by atoms with Crippen LogP contribution in [0.4, 0.5) is 0 Å². The fraction of sp³-hybridized carbons (Fsp3) is 0.333. The minimum Gasteiger partial charge on any atom is -0.353 e. The molecule has 1 N–H and O–H groups in total. The van der Waals surface area contributed by atoms with Crippen LogP contribution in [-0.2, 0) is 4.79 Å². The van der Waals surface area contributed by atoms with Crippen molar-refractivity contribution in [2.75, 3.05) is 0 Å². The molecule has 0 saturated carbocycles. The van der Waals surface area contributed by atoms with Crippen LogP contribution in [0, 0.1) is 0 Å². The van der Waals surface area contributed by atoms with Gasteiger partial charge in [0, 0.05) is 28.6 Å². The van der Waals surface area contributed by atoms with E-state index in [0.29, 0.717) is 0 Å². The molecule has 0 aliphatic rings. The second kappa shape index (κ2) is 7.13. The highest BCUT2D eigenvalue weighted by atomic mass is 79.9. The molecular weight excluding hydrogens is 350 g/mol. The number of hydrogen-bond acceptors (Lipinski definition) is 3. The number of thioether (sulfide) groups is 1. The fourth-order valence-corrected chi connectivity index (χ4v) is 2.95. The zero-order valence-electron chi connectivity index (χ0n) is 12.2. The van der Waals surface area contributed by atoms with E-state index < -0.39 is 0 Å². The summed E-state index contributed by atoms with van der Waals surface area (Å²) < 4.78 is 3.02. The molecule has 4 nitrogen and oxygen atoms in total. The smallest absolute Gasteiger partial charge is 0.233 e. The first-order chi connectivity index (χ1) is 9.97. The van der Waals surface area contributed by atoms with Gasteiger partial charge in [-0.3, -0.25) is 9.36 Å². The Morgan fingerprint density at radius 2 is 1.95 bits per heavy atom. The Balaban J connectivity index is 2.13. The lowest BCUT2D eigenvalue weighted by Crippen LogP contribution is -2.36. The Bertz CT molecular complexity index is 610. The van der Waals surface area contributed by atoms with E-state index >= 15 is 0 Å². The summed E-state index contributed by atoms with van der Waals surface area (Å²) in [5.74, 6) is 0.0281. The van der Waals surface area contributed by atoms with Crippen LogP contribution in [0.5, 0.6) is 0 Å². The Labute approximate surface area is 137 Å². The van der Waals surface area contributed by atoms with Gasteiger partial charge in [0.1, 0.15) is 0 Å². The summed E-state index contributed by atoms with van der Waals surface area (Å²) in [6.45, 7) is 5.80. The maximum atomic E-state index is 12.0. The van der Waals surface area contributed by atoms with Crippen molar-refractivity contribution >= 4 is 33.6 Å². The molecule has 112 valence electrons. The molecular formula is C15H18BrN3OS. The molecule has 1 aromatic heterocycles. The van der Waals surface area contributed by atoms with Crippen LogP contribution in [0.1, 0.15) is 20.8 Å². The standard InChI is InChI=1S/C15H18BrN3OS/c1-10(2)18-14(20)11(3)21-15-17-8-9-19(15)13-6-4-12(16)5-7-13/h4-11H,1-3H3,(H,18,20). The monoisotopic (exact) mass is 367 g/mol. The summed E-state index contributed by atoms with van der Waals surface area (Å²) in [5.41, 5.74) is 1.02. The van der Waals surface area contributed by atoms with E-state index in [1.165, 1.54) is 11.8 Å². The van der Waals surface area contributed by atoms with E-state index in [2.05, 4.69) is 26.2 Å². The molecule has 1 atom stereocenters. The third-order valence-electron chi connectivity index (χ3n) is 2.79. The first-order valence-electron chi connectivity index (χ1n) is 6.73. The first-order valence-corrected chi connectivity index (χ1v) is 8.41. The van der Waals surface area contributed by atoms with Crippen LogP contribution in [-0.4, -0.2) is 26.8 Å². The molecule has 2 rings (SSSR count). The largest absolute Gasteiger partial charge is 0.353 e. The molecule has 0 aliphatic heterocycles. The van der Waals surface area contributed by atoms with Gasteiger partial charge in [0.25, 0.3) is 0 Å². The van der Waals surface area contributed by atoms with E-state index in [1.54, 1.807) is 6.20 Å². The van der Waals surface area contributed by atoms with Crippen LogP contribution in [0.2, 0.25) is 0 Å². The highest BCUT2D eigenvalue weighted by molar-refractivity contribution is 9.10. The topological polar surface area (TPSA) is 46.9 Å². The lowest BCUT2D eigenvalue weighted by atomic mass is 10.3. The number of hydrogen-bond donors (Lipinski definition) is 1. The second-order valence-corrected chi connectivity index (χ2v) is 7.20. The normalized spacial score (nSPS) is 12.4. The fourth-order valence-electron chi connectivity index (χ4n) is 1.79. The molecule has 6 heteroatoms. The third kappa shape index (κ3) is 4.35. The van der Waals surface area contributed by atoms with Gasteiger partial charge >= 0.3 is 0 Å². The number of amides is 1. The summed E-state index contributed by atoms with van der Waals surface area (Å²) in [4.78, 5) is 16.3. The number of aromatic nitrogens is 2. The highest BCUT2D eigenvalue weighted by Crippen LogP contribution is 2.25. The molecule has 0 radical (unpaired) electrons. The van der Waals surface area contributed by atoms with Crippen LogP contribution in [0.15, 0.2) is 46.3 Å². The van der Waals surface area contributed by atoms with Crippen LogP contribution in [0.3, 0.4) is 0 Å². The van der Waals surface area contributed by atoms with Gasteiger partial charge in [0.2, 0.25) is 5.91 Å². The number of carbonyl (C=O) groups is 1. The van der Waals surface area contributed by atoms with Gasteiger partial charge in [0.15, 0.2) is 5.16 Å². The summed E-state index contributed by atoms with van der Waals surface area (Å²) in [6, 6.07) is 8.13. The zero-order valence-corrected chi connectivity index (χ0v) is 14.6. The quantitative estimate of drug-likeness (QED) is 0.820. The van der Waals surface area contributed by atoms with Crippen molar-refractivity contribution < 1.29 is 4.79 Å². The predicted octanol–water partition coefficient (Wildman–Crippen LogP) is 3.64. The van der Waals surface area contributed by atoms with E-state index in [-0.39, 0.29) is 17.2 Å². The van der Waals surface area contributed by atoms with E-state index in [9.17, 15) is 4.79 Å². The molecule has 1 aromatic carbocycles. The maximum Gasteiger partial charge on any atom is 0.233 e. The van der Waals surface area contributed by atoms with Crippen LogP contribution in [0.25, 0.3) is 5.69 Å². The average Bonchev–Trinajstić information content (AvgIpc) is 2.87. The van der Waals surface area contributed by atoms with Gasteiger partial charge < -0.3 is 5.32 Å². The van der Waals surface area contributed by atoms with Crippen molar-refractivity contribution in [3.05, 3.63) is 41.1 Å². The third-order valence-corrected chi connectivity index (χ3v) is 4.40. The number of nitrogens with zero attached hydrogens (tertiary/aromatic N) is 2. The molecule has 2 aromatic rings. The van der Waals surface area contributed by atoms with Crippen LogP contribution < -0.4 is 5.32 Å². The Hall–Kier alpha value is -1.27. The van der Waals surface area contributed by atoms with Crippen molar-refractivity contribution in [2.45, 2.75) is 37.2 Å². The van der Waals surface area contributed by atoms with Crippen LogP contribution >= 0.6 is 27.7 Å². The number of imidazole rings is 1. The summed E-state index contributed by atoms with van der Waals surface area (Å²) >= 11 is 4.88. The number of carbonyl (C=O) groups excluding carboxylic acids is 1. The minimum absolute atomic E-state index is 0.0281. The van der Waals surface area contributed by atoms with Gasteiger partial charge in [-0.2, -0.15) is 0 Å². The van der Waals surface area contributed by atoms with Crippen molar-refractivity contribution in [2.24, 2.45) is 0 Å². The second-order valence-electron chi connectivity index (χ2n) is 4.98. The average molecular weight is 368 g/mol. The van der Waals surface area contributed by atoms with Crippen molar-refractivity contribution in [3.8, 4) is 5.69 Å². The molecule has 0 bridgehead atoms. The van der Waals surface area contributed by atoms with Gasteiger partial charge in [-0.05, 0) is 45.0 Å². The zero-order chi connectivity index (χ0) is 15.4. The Kier molecular flexibility index (Phi) is 5.47. The molecule has 1 unspecified atom stereocenters. The van der Waals surface area contributed by atoms with Crippen molar-refractivity contribution in [1.82, 2.24) is 14.9 Å². The SMILES string of the molecule is CC(C)NC(=O)C(C)Sc1nccn1-c1ccc(Br)cc1. The summed E-state index contributed by atoms with van der Waals surface area (Å²) in [5, 5.41) is 3.54. The Morgan fingerprint density at radius 1 is 1.29 bits per heavy atom. The van der Waals surface area contributed by atoms with Crippen molar-refractivity contribution in [3.63, 3.8) is 0 Å². The molecule has 1 heterocycles. The lowest BCUT2D eigenvalue weighted by molar-refractivity contribution is -0.120. The van der Waals surface area contributed by atoms with Crippen molar-refractivity contribution in [1.29, 1.82) is 0 Å². The molecule has 0 aliphatic carbocycles. The molecule has 0 fully saturated rings. The molecule has 0 saturated heterocycles. The summed E-state index contributed by atoms with van der Waals surface area (Å²) in [6.07, 6.45) is 3.65. The number of nitrogens with one attached hydrogen (secondary N) is 1. The molecule has 21 heavy (non-hydrogen) atoms. The molecule has 1 amide bonds. The predicted molar refractivity (Wildman–Crippen MR) is 89.9 cm³/mol. The minimum atomic E-state index is -0.191. The van der Waals surface area contributed by atoms with Gasteiger partial charge in [-0.15, -0.1) is 0 Å². The lowest BCUT2D eigenvalue weighted by Gasteiger charge is -2.14. The first kappa shape index (κ1) is 16.1. The number of benzene rings is 1. The number of halogens is 1. The van der Waals surface area contributed by atoms with Gasteiger partial charge in [0.05, 0.1) is 5.25 Å². The van der Waals surface area contributed by atoms with E-state index in [4.69, 9.17) is 0 Å². The summed E-state index contributed by atoms with van der Waals surface area (Å²) in [7, 11) is 0. The maximum absolute atomic E-state index is 12.0. The van der Waals surface area contributed by atoms with E-state index in [1.807, 2.05) is 55.8 Å². The Morgan fingerprint density at radius 3 is 2.57 bits per heavy atom. The highest BCUT2D eigenvalue weighted by Gasteiger charge is 2.18.